The van der Waals surface area contributed by atoms with Gasteiger partial charge >= 0.3 is 6.03 Å². The first kappa shape index (κ1) is 34.3. The first-order chi connectivity index (χ1) is 21.3. The van der Waals surface area contributed by atoms with Crippen molar-refractivity contribution in [2.75, 3.05) is 57.0 Å². The van der Waals surface area contributed by atoms with E-state index in [-0.39, 0.29) is 44.1 Å². The molecule has 0 aromatic heterocycles. The van der Waals surface area contributed by atoms with Gasteiger partial charge in [-0.3, -0.25) is 4.79 Å². The van der Waals surface area contributed by atoms with Crippen LogP contribution in [0.4, 0.5) is 16.2 Å². The van der Waals surface area contributed by atoms with E-state index in [9.17, 15) is 23.1 Å². The van der Waals surface area contributed by atoms with Crippen molar-refractivity contribution in [3.8, 4) is 17.2 Å². The van der Waals surface area contributed by atoms with Crippen molar-refractivity contribution >= 4 is 33.3 Å². The molecule has 4 atom stereocenters. The van der Waals surface area contributed by atoms with E-state index in [1.807, 2.05) is 13.8 Å². The van der Waals surface area contributed by atoms with Crippen LogP contribution in [0.3, 0.4) is 0 Å². The molecule has 248 valence electrons. The molecule has 13 nitrogen and oxygen atoms in total. The van der Waals surface area contributed by atoms with E-state index >= 15 is 0 Å². The number of aliphatic hydroxyl groups is 1. The Morgan fingerprint density at radius 2 is 1.73 bits per heavy atom. The van der Waals surface area contributed by atoms with Gasteiger partial charge in [-0.25, -0.2) is 17.5 Å². The fraction of sp³-hybridized carbons (Fsp3) is 0.548. The number of hydrogen-bond acceptors (Lipinski definition) is 9. The van der Waals surface area contributed by atoms with Crippen LogP contribution in [-0.2, 0) is 14.8 Å². The van der Waals surface area contributed by atoms with Gasteiger partial charge in [-0.05, 0) is 63.4 Å². The van der Waals surface area contributed by atoms with Crippen molar-refractivity contribution in [3.63, 3.8) is 0 Å². The van der Waals surface area contributed by atoms with Gasteiger partial charge in [-0.15, -0.1) is 0 Å². The van der Waals surface area contributed by atoms with Crippen molar-refractivity contribution in [2.45, 2.75) is 58.3 Å². The molecule has 0 saturated carbocycles. The van der Waals surface area contributed by atoms with Gasteiger partial charge in [0.15, 0.2) is 11.5 Å². The molecule has 0 bridgehead atoms. The highest BCUT2D eigenvalue weighted by atomic mass is 32.2. The number of ether oxygens (including phenoxy) is 4. The summed E-state index contributed by atoms with van der Waals surface area (Å²) in [6, 6.07) is 8.83. The highest BCUT2D eigenvalue weighted by Crippen LogP contribution is 2.34. The standard InChI is InChI=1S/C31H44N4O9S/c1-20-16-35(21(2)18-36)30(37)25-14-23(32-31(38)33-24-10-12-27-28(15-24)43-19-42-27)9-11-26(25)44-22(3)8-6-7-13-41-29(20)17-34(4)45(5,39)40/h9-12,14-15,20-22,29,36H,6-8,13,16-19H2,1-5H3,(H2,32,33,38)/t20-,21-,22-,29+/m1/s1. The van der Waals surface area contributed by atoms with Crippen molar-refractivity contribution in [1.82, 2.24) is 9.21 Å². The number of carbonyl (C=O) groups is 2. The van der Waals surface area contributed by atoms with Crippen molar-refractivity contribution in [3.05, 3.63) is 42.0 Å². The summed E-state index contributed by atoms with van der Waals surface area (Å²) < 4.78 is 48.7. The van der Waals surface area contributed by atoms with E-state index in [1.54, 1.807) is 43.3 Å². The van der Waals surface area contributed by atoms with E-state index in [2.05, 4.69) is 10.6 Å². The SMILES string of the molecule is C[C@@H]1CCCCO[C@@H](CN(C)S(C)(=O)=O)[C@H](C)CN([C@H](C)CO)C(=O)c2cc(NC(=O)Nc3ccc4c(c3)OCO4)ccc2O1. The van der Waals surface area contributed by atoms with Gasteiger partial charge in [-0.1, -0.05) is 6.92 Å². The van der Waals surface area contributed by atoms with E-state index in [1.165, 1.54) is 16.3 Å². The summed E-state index contributed by atoms with van der Waals surface area (Å²) in [5.74, 6) is 0.790. The summed E-state index contributed by atoms with van der Waals surface area (Å²) in [4.78, 5) is 28.7. The molecule has 0 spiro atoms. The average Bonchev–Trinajstić information content (AvgIpc) is 3.46. The zero-order valence-electron chi connectivity index (χ0n) is 26.4. The van der Waals surface area contributed by atoms with Gasteiger partial charge in [0.05, 0.1) is 36.7 Å². The van der Waals surface area contributed by atoms with Crippen LogP contribution in [0.2, 0.25) is 0 Å². The van der Waals surface area contributed by atoms with Crippen LogP contribution in [0.1, 0.15) is 50.4 Å². The number of anilines is 2. The van der Waals surface area contributed by atoms with E-state index in [4.69, 9.17) is 18.9 Å². The van der Waals surface area contributed by atoms with Gasteiger partial charge in [0.25, 0.3) is 5.91 Å². The molecule has 0 aliphatic carbocycles. The molecule has 0 unspecified atom stereocenters. The minimum atomic E-state index is -3.45. The maximum absolute atomic E-state index is 14.2. The lowest BCUT2D eigenvalue weighted by molar-refractivity contribution is -0.00828. The second-order valence-electron chi connectivity index (χ2n) is 11.7. The van der Waals surface area contributed by atoms with Crippen molar-refractivity contribution < 1.29 is 42.1 Å². The maximum Gasteiger partial charge on any atom is 0.323 e. The number of nitrogens with one attached hydrogen (secondary N) is 2. The van der Waals surface area contributed by atoms with Crippen molar-refractivity contribution in [2.24, 2.45) is 5.92 Å². The molecule has 0 radical (unpaired) electrons. The summed E-state index contributed by atoms with van der Waals surface area (Å²) in [7, 11) is -1.95. The highest BCUT2D eigenvalue weighted by Gasteiger charge is 2.31. The van der Waals surface area contributed by atoms with Gasteiger partial charge in [0.2, 0.25) is 16.8 Å². The van der Waals surface area contributed by atoms with E-state index in [0.717, 1.165) is 19.1 Å². The Morgan fingerprint density at radius 3 is 2.42 bits per heavy atom. The Hall–Kier alpha value is -3.59. The maximum atomic E-state index is 14.2. The Labute approximate surface area is 264 Å². The Kier molecular flexibility index (Phi) is 11.5. The quantitative estimate of drug-likeness (QED) is 0.407. The van der Waals surface area contributed by atoms with Gasteiger partial charge in [0.1, 0.15) is 5.75 Å². The van der Waals surface area contributed by atoms with Crippen LogP contribution < -0.4 is 24.8 Å². The van der Waals surface area contributed by atoms with Gasteiger partial charge in [0, 0.05) is 50.1 Å². The topological polar surface area (TPSA) is 156 Å². The predicted octanol–water partition coefficient (Wildman–Crippen LogP) is 3.75. The van der Waals surface area contributed by atoms with Crippen LogP contribution in [0, 0.1) is 5.92 Å². The predicted molar refractivity (Wildman–Crippen MR) is 170 cm³/mol. The summed E-state index contributed by atoms with van der Waals surface area (Å²) in [5, 5.41) is 15.6. The minimum Gasteiger partial charge on any atom is -0.490 e. The molecule has 45 heavy (non-hydrogen) atoms. The van der Waals surface area contributed by atoms with Crippen LogP contribution >= 0.6 is 0 Å². The molecule has 2 aromatic rings. The second kappa shape index (κ2) is 15.1. The number of carbonyl (C=O) groups excluding carboxylic acids is 2. The zero-order valence-corrected chi connectivity index (χ0v) is 27.3. The summed E-state index contributed by atoms with van der Waals surface area (Å²) >= 11 is 0. The summed E-state index contributed by atoms with van der Waals surface area (Å²) in [5.41, 5.74) is 1.08. The number of likely N-dealkylation sites (N-methyl/N-ethyl adjacent to an activating group) is 1. The molecule has 3 N–H and O–H groups in total. The molecule has 3 amide bonds. The number of nitrogens with zero attached hydrogens (tertiary/aromatic N) is 2. The molecule has 2 aliphatic heterocycles. The largest absolute Gasteiger partial charge is 0.490 e. The fourth-order valence-corrected chi connectivity index (χ4v) is 5.54. The molecule has 2 heterocycles. The zero-order chi connectivity index (χ0) is 32.7. The number of urea groups is 1. The highest BCUT2D eigenvalue weighted by molar-refractivity contribution is 7.88. The smallest absolute Gasteiger partial charge is 0.323 e. The number of hydrogen-bond donors (Lipinski definition) is 3. The number of sulfonamides is 1. The lowest BCUT2D eigenvalue weighted by Crippen LogP contribution is -2.47. The van der Waals surface area contributed by atoms with E-state index < -0.39 is 34.1 Å². The molecule has 2 aromatic carbocycles. The van der Waals surface area contributed by atoms with Crippen LogP contribution in [0.15, 0.2) is 36.4 Å². The first-order valence-corrected chi connectivity index (χ1v) is 16.9. The molecular weight excluding hydrogens is 604 g/mol. The number of aliphatic hydroxyl groups excluding tert-OH is 1. The monoisotopic (exact) mass is 648 g/mol. The van der Waals surface area contributed by atoms with Crippen LogP contribution in [0.25, 0.3) is 0 Å². The second-order valence-corrected chi connectivity index (χ2v) is 13.8. The van der Waals surface area contributed by atoms with Gasteiger partial charge in [-0.2, -0.15) is 0 Å². The van der Waals surface area contributed by atoms with Crippen LogP contribution in [0.5, 0.6) is 17.2 Å². The van der Waals surface area contributed by atoms with Gasteiger partial charge < -0.3 is 39.6 Å². The minimum absolute atomic E-state index is 0.116. The number of amides is 3. The molecule has 4 rings (SSSR count). The lowest BCUT2D eigenvalue weighted by Gasteiger charge is -2.35. The number of fused-ring (bicyclic) bond motifs is 2. The Morgan fingerprint density at radius 1 is 1.07 bits per heavy atom. The first-order valence-electron chi connectivity index (χ1n) is 15.1. The van der Waals surface area contributed by atoms with Crippen molar-refractivity contribution in [1.29, 1.82) is 0 Å². The average molecular weight is 649 g/mol. The third-order valence-electron chi connectivity index (χ3n) is 7.94. The van der Waals surface area contributed by atoms with Crippen LogP contribution in [-0.4, -0.2) is 99.3 Å². The van der Waals surface area contributed by atoms with E-state index in [0.29, 0.717) is 41.7 Å². The molecule has 0 fully saturated rings. The fourth-order valence-electron chi connectivity index (χ4n) is 5.12. The summed E-state index contributed by atoms with van der Waals surface area (Å²) in [6.45, 7) is 6.11. The Bertz CT molecular complexity index is 1450. The number of benzene rings is 2. The molecular formula is C31H44N4O9S. The number of rotatable bonds is 7. The third-order valence-corrected chi connectivity index (χ3v) is 9.22. The normalized spacial score (nSPS) is 21.8. The molecule has 2 aliphatic rings. The molecule has 0 saturated heterocycles. The molecule has 14 heteroatoms. The third kappa shape index (κ3) is 9.22. The lowest BCUT2D eigenvalue weighted by atomic mass is 10.0. The Balaban J connectivity index is 1.61. The summed E-state index contributed by atoms with van der Waals surface area (Å²) in [6.07, 6.45) is 2.69.